The van der Waals surface area contributed by atoms with Crippen molar-refractivity contribution >= 4 is 23.8 Å². The number of benzene rings is 1. The average Bonchev–Trinajstić information content (AvgIpc) is 2.79. The molecular formula is C22H27N3O7. The van der Waals surface area contributed by atoms with E-state index in [0.29, 0.717) is 13.1 Å². The van der Waals surface area contributed by atoms with Gasteiger partial charge in [0.05, 0.1) is 11.5 Å². The van der Waals surface area contributed by atoms with Gasteiger partial charge in [-0.15, -0.1) is 0 Å². The number of amides is 1. The number of carbonyl (C=O) groups is 2. The summed E-state index contributed by atoms with van der Waals surface area (Å²) in [4.78, 5) is 36.5. The molecule has 10 heteroatoms. The summed E-state index contributed by atoms with van der Waals surface area (Å²) in [6.45, 7) is 4.44. The Morgan fingerprint density at radius 1 is 1.28 bits per heavy atom. The molecule has 0 unspecified atom stereocenters. The summed E-state index contributed by atoms with van der Waals surface area (Å²) in [5.41, 5.74) is -0.942. The molecule has 1 aromatic rings. The molecule has 0 radical (unpaired) electrons. The number of ether oxygens (including phenoxy) is 2. The molecule has 0 saturated heterocycles. The lowest BCUT2D eigenvalue weighted by Gasteiger charge is -2.20. The van der Waals surface area contributed by atoms with Crippen LogP contribution in [0.3, 0.4) is 0 Å². The maximum Gasteiger partial charge on any atom is 0.513 e. The normalized spacial score (nSPS) is 14.3. The van der Waals surface area contributed by atoms with Gasteiger partial charge in [-0.3, -0.25) is 14.9 Å². The van der Waals surface area contributed by atoms with Crippen LogP contribution in [-0.4, -0.2) is 46.7 Å². The van der Waals surface area contributed by atoms with Crippen LogP contribution in [0.2, 0.25) is 0 Å². The van der Waals surface area contributed by atoms with Crippen molar-refractivity contribution in [3.63, 3.8) is 0 Å². The van der Waals surface area contributed by atoms with Crippen LogP contribution in [0, 0.1) is 27.4 Å². The van der Waals surface area contributed by atoms with Crippen molar-refractivity contribution in [2.24, 2.45) is 5.92 Å². The van der Waals surface area contributed by atoms with Crippen LogP contribution in [0.1, 0.15) is 51.5 Å². The second-order valence-corrected chi connectivity index (χ2v) is 7.46. The highest BCUT2D eigenvalue weighted by Gasteiger charge is 2.24. The van der Waals surface area contributed by atoms with Crippen molar-refractivity contribution in [1.82, 2.24) is 4.90 Å². The average molecular weight is 445 g/mol. The summed E-state index contributed by atoms with van der Waals surface area (Å²) in [6, 6.07) is 3.91. The monoisotopic (exact) mass is 445 g/mol. The Bertz CT molecular complexity index is 926. The van der Waals surface area contributed by atoms with Crippen LogP contribution in [-0.2, 0) is 9.53 Å². The molecule has 1 saturated carbocycles. The van der Waals surface area contributed by atoms with Crippen LogP contribution >= 0.6 is 0 Å². The molecule has 0 spiro atoms. The summed E-state index contributed by atoms with van der Waals surface area (Å²) < 4.78 is 10.1. The van der Waals surface area contributed by atoms with Gasteiger partial charge in [-0.2, -0.15) is 5.26 Å². The minimum atomic E-state index is -1.10. The van der Waals surface area contributed by atoms with Crippen LogP contribution in [0.4, 0.5) is 10.5 Å². The lowest BCUT2D eigenvalue weighted by atomic mass is 9.90. The zero-order valence-electron chi connectivity index (χ0n) is 18.2. The molecule has 1 aliphatic rings. The topological polar surface area (TPSA) is 143 Å². The largest absolute Gasteiger partial charge is 0.513 e. The van der Waals surface area contributed by atoms with Gasteiger partial charge in [-0.25, -0.2) is 4.79 Å². The number of aromatic hydroxyl groups is 1. The van der Waals surface area contributed by atoms with Crippen molar-refractivity contribution in [3.8, 4) is 17.6 Å². The Hall–Kier alpha value is -3.61. The van der Waals surface area contributed by atoms with Crippen LogP contribution in [0.15, 0.2) is 17.7 Å². The van der Waals surface area contributed by atoms with Crippen molar-refractivity contribution < 1.29 is 29.1 Å². The summed E-state index contributed by atoms with van der Waals surface area (Å²) in [7, 11) is 0. The van der Waals surface area contributed by atoms with E-state index >= 15 is 0 Å². The van der Waals surface area contributed by atoms with Gasteiger partial charge in [-0.05, 0) is 50.3 Å². The van der Waals surface area contributed by atoms with E-state index in [1.165, 1.54) is 4.90 Å². The van der Waals surface area contributed by atoms with Crippen LogP contribution < -0.4 is 4.74 Å². The number of rotatable bonds is 8. The van der Waals surface area contributed by atoms with E-state index in [0.717, 1.165) is 50.3 Å². The molecule has 1 aliphatic carbocycles. The number of likely N-dealkylation sites (N-methyl/N-ethyl adjacent to an activating group) is 1. The summed E-state index contributed by atoms with van der Waals surface area (Å²) in [5, 5.41) is 30.9. The first-order chi connectivity index (χ1) is 15.3. The maximum atomic E-state index is 12.5. The van der Waals surface area contributed by atoms with Crippen molar-refractivity contribution in [3.05, 3.63) is 33.4 Å². The van der Waals surface area contributed by atoms with Gasteiger partial charge < -0.3 is 19.5 Å². The third kappa shape index (κ3) is 6.44. The van der Waals surface area contributed by atoms with E-state index < -0.39 is 34.2 Å². The number of phenolic OH excluding ortho intramolecular Hbond substituents is 1. The SMILES string of the molecule is CCN(CC)C(=O)/C(C#N)=C/c1cc(OC(=O)OCC2CCCCC2)c(O)c([N+](=O)[O-])c1. The van der Waals surface area contributed by atoms with E-state index in [1.54, 1.807) is 19.9 Å². The zero-order chi connectivity index (χ0) is 23.7. The lowest BCUT2D eigenvalue weighted by molar-refractivity contribution is -0.385. The number of nitriles is 1. The number of carbonyl (C=O) groups excluding carboxylic acids is 2. The third-order valence-electron chi connectivity index (χ3n) is 5.34. The van der Waals surface area contributed by atoms with Gasteiger partial charge in [0.25, 0.3) is 5.91 Å². The van der Waals surface area contributed by atoms with Crippen molar-refractivity contribution in [2.75, 3.05) is 19.7 Å². The Balaban J connectivity index is 2.27. The fourth-order valence-electron chi connectivity index (χ4n) is 3.56. The maximum absolute atomic E-state index is 12.5. The first-order valence-electron chi connectivity index (χ1n) is 10.6. The fourth-order valence-corrected chi connectivity index (χ4v) is 3.56. The highest BCUT2D eigenvalue weighted by molar-refractivity contribution is 6.01. The van der Waals surface area contributed by atoms with Gasteiger partial charge >= 0.3 is 11.8 Å². The Kier molecular flexibility index (Phi) is 9.01. The first-order valence-corrected chi connectivity index (χ1v) is 10.6. The highest BCUT2D eigenvalue weighted by atomic mass is 16.7. The van der Waals surface area contributed by atoms with Gasteiger partial charge in [0, 0.05) is 19.2 Å². The summed E-state index contributed by atoms with van der Waals surface area (Å²) in [6.07, 6.45) is 5.23. The predicted molar refractivity (Wildman–Crippen MR) is 115 cm³/mol. The quantitative estimate of drug-likeness (QED) is 0.157. The molecule has 1 fully saturated rings. The molecule has 0 bridgehead atoms. The molecule has 0 aromatic heterocycles. The fraction of sp³-hybridized carbons (Fsp3) is 0.500. The number of hydrogen-bond acceptors (Lipinski definition) is 8. The smallest absolute Gasteiger partial charge is 0.499 e. The highest BCUT2D eigenvalue weighted by Crippen LogP contribution is 2.38. The number of nitro benzene ring substituents is 1. The molecule has 10 nitrogen and oxygen atoms in total. The molecule has 172 valence electrons. The number of nitrogens with zero attached hydrogens (tertiary/aromatic N) is 3. The molecule has 32 heavy (non-hydrogen) atoms. The summed E-state index contributed by atoms with van der Waals surface area (Å²) >= 11 is 0. The molecule has 0 aliphatic heterocycles. The van der Waals surface area contributed by atoms with E-state index in [1.807, 2.05) is 0 Å². The molecule has 1 aromatic carbocycles. The molecule has 2 rings (SSSR count). The van der Waals surface area contributed by atoms with Gasteiger partial charge in [-0.1, -0.05) is 19.3 Å². The van der Waals surface area contributed by atoms with E-state index in [9.17, 15) is 30.1 Å². The Labute approximate surface area is 186 Å². The molecular weight excluding hydrogens is 418 g/mol. The molecule has 0 heterocycles. The molecule has 0 atom stereocenters. The molecule has 1 N–H and O–H groups in total. The first kappa shape index (κ1) is 24.7. The summed E-state index contributed by atoms with van der Waals surface area (Å²) in [5.74, 6) is -1.65. The Morgan fingerprint density at radius 2 is 1.94 bits per heavy atom. The number of hydrogen-bond donors (Lipinski definition) is 1. The van der Waals surface area contributed by atoms with Crippen molar-refractivity contribution in [1.29, 1.82) is 5.26 Å². The second kappa shape index (κ2) is 11.7. The molecule has 1 amide bonds. The van der Waals surface area contributed by atoms with Crippen molar-refractivity contribution in [2.45, 2.75) is 46.0 Å². The van der Waals surface area contributed by atoms with E-state index in [2.05, 4.69) is 0 Å². The van der Waals surface area contributed by atoms with Gasteiger partial charge in [0.1, 0.15) is 11.6 Å². The lowest BCUT2D eigenvalue weighted by Crippen LogP contribution is -2.31. The zero-order valence-corrected chi connectivity index (χ0v) is 18.2. The number of nitro groups is 1. The van der Waals surface area contributed by atoms with E-state index in [-0.39, 0.29) is 23.7 Å². The standard InChI is InChI=1S/C22H27N3O7/c1-3-24(4-2)21(27)17(13-23)10-16-11-18(25(29)30)20(26)19(12-16)32-22(28)31-14-15-8-6-5-7-9-15/h10-12,15,26H,3-9,14H2,1-2H3/b17-10+. The van der Waals surface area contributed by atoms with E-state index in [4.69, 9.17) is 9.47 Å². The second-order valence-electron chi connectivity index (χ2n) is 7.46. The predicted octanol–water partition coefficient (Wildman–Crippen LogP) is 4.17. The number of phenols is 1. The van der Waals surface area contributed by atoms with Gasteiger partial charge in [0.15, 0.2) is 5.75 Å². The minimum Gasteiger partial charge on any atom is -0.499 e. The van der Waals surface area contributed by atoms with Gasteiger partial charge in [0.2, 0.25) is 5.75 Å². The third-order valence-corrected chi connectivity index (χ3v) is 5.34. The van der Waals surface area contributed by atoms with Crippen LogP contribution in [0.5, 0.6) is 11.5 Å². The Morgan fingerprint density at radius 3 is 2.50 bits per heavy atom. The minimum absolute atomic E-state index is 0.0432. The van der Waals surface area contributed by atoms with Crippen LogP contribution in [0.25, 0.3) is 6.08 Å².